The number of halogens is 1. The number of hydrogen-bond donors (Lipinski definition) is 2. The third kappa shape index (κ3) is 6.34. The van der Waals surface area contributed by atoms with Gasteiger partial charge in [-0.15, -0.1) is 12.4 Å². The Morgan fingerprint density at radius 3 is 2.16 bits per heavy atom. The second kappa shape index (κ2) is 11.6. The Morgan fingerprint density at radius 1 is 0.968 bits per heavy atom. The number of amides is 2. The summed E-state index contributed by atoms with van der Waals surface area (Å²) in [6, 6.07) is 13.4. The van der Waals surface area contributed by atoms with Crippen molar-refractivity contribution in [3.63, 3.8) is 0 Å². The molecule has 2 aromatic rings. The van der Waals surface area contributed by atoms with Crippen molar-refractivity contribution >= 4 is 24.1 Å². The van der Waals surface area contributed by atoms with Crippen LogP contribution >= 0.6 is 12.4 Å². The van der Waals surface area contributed by atoms with E-state index in [1.165, 1.54) is 5.69 Å². The molecule has 8 heteroatoms. The zero-order valence-corrected chi connectivity index (χ0v) is 19.3. The van der Waals surface area contributed by atoms with Crippen molar-refractivity contribution in [3.8, 4) is 17.2 Å². The fourth-order valence-electron chi connectivity index (χ4n) is 3.75. The quantitative estimate of drug-likeness (QED) is 0.664. The predicted octanol–water partition coefficient (Wildman–Crippen LogP) is 4.16. The number of hydrogen-bond acceptors (Lipinski definition) is 5. The number of methoxy groups -OCH3 is 3. The van der Waals surface area contributed by atoms with E-state index in [0.717, 1.165) is 48.7 Å². The van der Waals surface area contributed by atoms with Crippen LogP contribution in [0.5, 0.6) is 17.2 Å². The highest BCUT2D eigenvalue weighted by Crippen LogP contribution is 2.29. The van der Waals surface area contributed by atoms with Crippen LogP contribution in [0.1, 0.15) is 31.4 Å². The van der Waals surface area contributed by atoms with Gasteiger partial charge >= 0.3 is 6.03 Å². The molecule has 0 radical (unpaired) electrons. The third-order valence-corrected chi connectivity index (χ3v) is 5.52. The maximum absolute atomic E-state index is 12.5. The van der Waals surface area contributed by atoms with Crippen LogP contribution in [-0.2, 0) is 0 Å². The van der Waals surface area contributed by atoms with E-state index in [1.807, 2.05) is 37.3 Å². The van der Waals surface area contributed by atoms with Gasteiger partial charge in [0.25, 0.3) is 0 Å². The molecule has 0 bridgehead atoms. The maximum Gasteiger partial charge on any atom is 0.315 e. The summed E-state index contributed by atoms with van der Waals surface area (Å²) >= 11 is 0. The van der Waals surface area contributed by atoms with Crippen molar-refractivity contribution in [2.24, 2.45) is 0 Å². The molecule has 0 saturated carbocycles. The molecular formula is C23H32ClN3O4. The summed E-state index contributed by atoms with van der Waals surface area (Å²) in [7, 11) is 4.91. The minimum atomic E-state index is -0.213. The van der Waals surface area contributed by atoms with E-state index >= 15 is 0 Å². The van der Waals surface area contributed by atoms with Crippen LogP contribution in [-0.4, -0.2) is 46.5 Å². The van der Waals surface area contributed by atoms with Crippen molar-refractivity contribution in [1.82, 2.24) is 10.6 Å². The zero-order chi connectivity index (χ0) is 21.5. The molecule has 2 N–H and O–H groups in total. The SMILES string of the molecule is COc1ccc(N2CCC(NC(=O)NC(C)c3cc(OC)ccc3OC)CC2)cc1.Cl. The number of carbonyl (C=O) groups excluding carboxylic acids is 1. The molecule has 2 amide bonds. The molecule has 0 spiro atoms. The lowest BCUT2D eigenvalue weighted by molar-refractivity contribution is 0.231. The first kappa shape index (κ1) is 24.5. The Bertz CT molecular complexity index is 839. The van der Waals surface area contributed by atoms with Crippen LogP contribution in [0.15, 0.2) is 42.5 Å². The van der Waals surface area contributed by atoms with Crippen LogP contribution < -0.4 is 29.7 Å². The molecule has 1 fully saturated rings. The number of piperidine rings is 1. The number of urea groups is 1. The van der Waals surface area contributed by atoms with Crippen LogP contribution in [0.3, 0.4) is 0 Å². The molecule has 2 aromatic carbocycles. The summed E-state index contributed by atoms with van der Waals surface area (Å²) in [6.45, 7) is 3.73. The van der Waals surface area contributed by atoms with Gasteiger partial charge in [0.05, 0.1) is 27.4 Å². The van der Waals surface area contributed by atoms with E-state index in [2.05, 4.69) is 27.7 Å². The van der Waals surface area contributed by atoms with E-state index in [9.17, 15) is 4.79 Å². The van der Waals surface area contributed by atoms with Gasteiger partial charge in [0, 0.05) is 30.4 Å². The van der Waals surface area contributed by atoms with E-state index in [1.54, 1.807) is 21.3 Å². The van der Waals surface area contributed by atoms with Gasteiger partial charge in [-0.05, 0) is 62.2 Å². The first-order chi connectivity index (χ1) is 14.5. The highest BCUT2D eigenvalue weighted by atomic mass is 35.5. The molecule has 1 saturated heterocycles. The molecular weight excluding hydrogens is 418 g/mol. The first-order valence-corrected chi connectivity index (χ1v) is 10.2. The molecule has 7 nitrogen and oxygen atoms in total. The molecule has 1 unspecified atom stereocenters. The zero-order valence-electron chi connectivity index (χ0n) is 18.5. The molecule has 0 aliphatic carbocycles. The van der Waals surface area contributed by atoms with Crippen LogP contribution in [0.2, 0.25) is 0 Å². The number of ether oxygens (including phenoxy) is 3. The molecule has 1 atom stereocenters. The van der Waals surface area contributed by atoms with Crippen molar-refractivity contribution in [2.45, 2.75) is 31.8 Å². The Morgan fingerprint density at radius 2 is 1.58 bits per heavy atom. The van der Waals surface area contributed by atoms with E-state index in [0.29, 0.717) is 0 Å². The molecule has 0 aromatic heterocycles. The van der Waals surface area contributed by atoms with Gasteiger partial charge in [0.1, 0.15) is 17.2 Å². The summed E-state index contributed by atoms with van der Waals surface area (Å²) in [4.78, 5) is 14.9. The van der Waals surface area contributed by atoms with E-state index in [4.69, 9.17) is 14.2 Å². The lowest BCUT2D eigenvalue weighted by Crippen LogP contribution is -2.48. The summed E-state index contributed by atoms with van der Waals surface area (Å²) in [5, 5.41) is 6.12. The average molecular weight is 450 g/mol. The predicted molar refractivity (Wildman–Crippen MR) is 125 cm³/mol. The molecule has 1 aliphatic rings. The lowest BCUT2D eigenvalue weighted by atomic mass is 10.0. The smallest absolute Gasteiger partial charge is 0.315 e. The standard InChI is InChI=1S/C23H31N3O4.ClH/c1-16(21-15-20(29-3)9-10-22(21)30-4)24-23(27)25-17-11-13-26(14-12-17)18-5-7-19(28-2)8-6-18;/h5-10,15-17H,11-14H2,1-4H3,(H2,24,25,27);1H. The molecule has 3 rings (SSSR count). The lowest BCUT2D eigenvalue weighted by Gasteiger charge is -2.34. The summed E-state index contributed by atoms with van der Waals surface area (Å²) in [5.41, 5.74) is 2.05. The van der Waals surface area contributed by atoms with Crippen molar-refractivity contribution < 1.29 is 19.0 Å². The monoisotopic (exact) mass is 449 g/mol. The van der Waals surface area contributed by atoms with Gasteiger partial charge in [-0.3, -0.25) is 0 Å². The second-order valence-electron chi connectivity index (χ2n) is 7.41. The minimum Gasteiger partial charge on any atom is -0.497 e. The van der Waals surface area contributed by atoms with Crippen LogP contribution in [0, 0.1) is 0 Å². The topological polar surface area (TPSA) is 72.1 Å². The van der Waals surface area contributed by atoms with Gasteiger partial charge in [-0.2, -0.15) is 0 Å². The number of carbonyl (C=O) groups is 1. The number of rotatable bonds is 7. The van der Waals surface area contributed by atoms with Crippen molar-refractivity contribution in [1.29, 1.82) is 0 Å². The Kier molecular flexibility index (Phi) is 9.12. The summed E-state index contributed by atoms with van der Waals surface area (Å²) < 4.78 is 15.9. The molecule has 1 aliphatic heterocycles. The first-order valence-electron chi connectivity index (χ1n) is 10.2. The van der Waals surface area contributed by atoms with E-state index < -0.39 is 0 Å². The molecule has 170 valence electrons. The fraction of sp³-hybridized carbons (Fsp3) is 0.435. The maximum atomic E-state index is 12.5. The number of anilines is 1. The molecule has 1 heterocycles. The second-order valence-corrected chi connectivity index (χ2v) is 7.41. The van der Waals surface area contributed by atoms with Crippen LogP contribution in [0.4, 0.5) is 10.5 Å². The van der Waals surface area contributed by atoms with Gasteiger partial charge in [0.2, 0.25) is 0 Å². The number of benzene rings is 2. The normalized spacial score (nSPS) is 14.8. The average Bonchev–Trinajstić information content (AvgIpc) is 2.79. The van der Waals surface area contributed by atoms with Crippen molar-refractivity contribution in [3.05, 3.63) is 48.0 Å². The largest absolute Gasteiger partial charge is 0.497 e. The number of nitrogens with one attached hydrogen (secondary N) is 2. The minimum absolute atomic E-state index is 0. The van der Waals surface area contributed by atoms with Gasteiger partial charge in [-0.1, -0.05) is 0 Å². The number of nitrogens with zero attached hydrogens (tertiary/aromatic N) is 1. The van der Waals surface area contributed by atoms with E-state index in [-0.39, 0.29) is 30.5 Å². The summed E-state index contributed by atoms with van der Waals surface area (Å²) in [6.07, 6.45) is 1.80. The highest BCUT2D eigenvalue weighted by molar-refractivity contribution is 5.85. The van der Waals surface area contributed by atoms with Crippen LogP contribution in [0.25, 0.3) is 0 Å². The van der Waals surface area contributed by atoms with Gasteiger partial charge in [0.15, 0.2) is 0 Å². The Labute approximate surface area is 190 Å². The highest BCUT2D eigenvalue weighted by Gasteiger charge is 2.22. The summed E-state index contributed by atoms with van der Waals surface area (Å²) in [5.74, 6) is 2.30. The third-order valence-electron chi connectivity index (χ3n) is 5.52. The molecule has 31 heavy (non-hydrogen) atoms. The van der Waals surface area contributed by atoms with Gasteiger partial charge in [-0.25, -0.2) is 4.79 Å². The fourth-order valence-corrected chi connectivity index (χ4v) is 3.75. The Balaban J connectivity index is 0.00000341. The van der Waals surface area contributed by atoms with Gasteiger partial charge < -0.3 is 29.7 Å². The van der Waals surface area contributed by atoms with Crippen molar-refractivity contribution in [2.75, 3.05) is 39.3 Å². The Hall–Kier alpha value is -2.80.